The molecule has 5 heteroatoms. The molecule has 0 amide bonds. The Morgan fingerprint density at radius 2 is 1.91 bits per heavy atom. The zero-order valence-corrected chi connectivity index (χ0v) is 13.8. The predicted octanol–water partition coefficient (Wildman–Crippen LogP) is 4.14. The molecule has 0 aliphatic carbocycles. The number of hydrogen-bond donors (Lipinski definition) is 1. The second-order valence-corrected chi connectivity index (χ2v) is 5.85. The van der Waals surface area contributed by atoms with Crippen LogP contribution in [0.25, 0.3) is 11.8 Å². The third-order valence-corrected chi connectivity index (χ3v) is 3.91. The fourth-order valence-electron chi connectivity index (χ4n) is 2.21. The van der Waals surface area contributed by atoms with Crippen molar-refractivity contribution in [2.75, 3.05) is 7.11 Å². The zero-order chi connectivity index (χ0) is 16.4. The van der Waals surface area contributed by atoms with Crippen LogP contribution in [0.1, 0.15) is 11.1 Å². The monoisotopic (exact) mass is 372 g/mol. The fraction of sp³-hybridized carbons (Fsp3) is 0.0556. The zero-order valence-electron chi connectivity index (χ0n) is 12.2. The first-order valence-corrected chi connectivity index (χ1v) is 7.64. The Kier molecular flexibility index (Phi) is 4.21. The number of ether oxygens (including phenoxy) is 2. The fourth-order valence-corrected chi connectivity index (χ4v) is 2.47. The van der Waals surface area contributed by atoms with Crippen LogP contribution in [0.3, 0.4) is 0 Å². The van der Waals surface area contributed by atoms with Crippen molar-refractivity contribution in [1.29, 1.82) is 0 Å². The summed E-state index contributed by atoms with van der Waals surface area (Å²) in [5.74, 6) is 0.507. The first-order chi connectivity index (χ1) is 11.1. The number of carbonyl (C=O) groups excluding carboxylic acids is 1. The SMILES string of the molecule is COc1cc(/C=C2/C=C(c3ccc(Br)cc3)OC2=O)ccc1O. The third kappa shape index (κ3) is 3.29. The number of benzene rings is 2. The second kappa shape index (κ2) is 6.30. The van der Waals surface area contributed by atoms with Crippen LogP contribution < -0.4 is 4.74 Å². The van der Waals surface area contributed by atoms with Crippen molar-refractivity contribution in [3.63, 3.8) is 0 Å². The minimum absolute atomic E-state index is 0.0507. The Morgan fingerprint density at radius 1 is 1.17 bits per heavy atom. The van der Waals surface area contributed by atoms with E-state index >= 15 is 0 Å². The summed E-state index contributed by atoms with van der Waals surface area (Å²) >= 11 is 3.37. The lowest BCUT2D eigenvalue weighted by molar-refractivity contribution is -0.130. The molecule has 1 aliphatic rings. The van der Waals surface area contributed by atoms with E-state index < -0.39 is 5.97 Å². The van der Waals surface area contributed by atoms with Gasteiger partial charge in [-0.1, -0.05) is 34.1 Å². The Morgan fingerprint density at radius 3 is 2.61 bits per heavy atom. The quantitative estimate of drug-likeness (QED) is 0.649. The van der Waals surface area contributed by atoms with Crippen LogP contribution in [0.4, 0.5) is 0 Å². The number of carbonyl (C=O) groups is 1. The molecule has 1 N–H and O–H groups in total. The van der Waals surface area contributed by atoms with Crippen molar-refractivity contribution in [3.8, 4) is 11.5 Å². The van der Waals surface area contributed by atoms with Gasteiger partial charge in [-0.15, -0.1) is 0 Å². The van der Waals surface area contributed by atoms with E-state index in [1.54, 1.807) is 24.3 Å². The number of aromatic hydroxyl groups is 1. The Labute approximate surface area is 141 Å². The summed E-state index contributed by atoms with van der Waals surface area (Å²) in [7, 11) is 1.47. The topological polar surface area (TPSA) is 55.8 Å². The number of halogens is 1. The average Bonchev–Trinajstić information content (AvgIpc) is 2.91. The highest BCUT2D eigenvalue weighted by atomic mass is 79.9. The van der Waals surface area contributed by atoms with E-state index in [4.69, 9.17) is 9.47 Å². The molecule has 2 aromatic rings. The van der Waals surface area contributed by atoms with Crippen molar-refractivity contribution in [2.45, 2.75) is 0 Å². The molecule has 0 radical (unpaired) electrons. The molecule has 116 valence electrons. The van der Waals surface area contributed by atoms with E-state index in [0.717, 1.165) is 15.6 Å². The number of methoxy groups -OCH3 is 1. The van der Waals surface area contributed by atoms with E-state index in [0.29, 0.717) is 17.1 Å². The Hall–Kier alpha value is -2.53. The maximum absolute atomic E-state index is 12.0. The summed E-state index contributed by atoms with van der Waals surface area (Å²) in [5.41, 5.74) is 2.00. The molecule has 0 unspecified atom stereocenters. The molecule has 3 rings (SSSR count). The van der Waals surface area contributed by atoms with Gasteiger partial charge in [-0.25, -0.2) is 4.79 Å². The number of rotatable bonds is 3. The van der Waals surface area contributed by atoms with Crippen LogP contribution in [0.15, 0.2) is 58.6 Å². The van der Waals surface area contributed by atoms with Crippen molar-refractivity contribution < 1.29 is 19.4 Å². The summed E-state index contributed by atoms with van der Waals surface area (Å²) < 4.78 is 11.3. The molecule has 0 spiro atoms. The van der Waals surface area contributed by atoms with E-state index in [1.165, 1.54) is 13.2 Å². The Balaban J connectivity index is 1.93. The summed E-state index contributed by atoms with van der Waals surface area (Å²) in [5, 5.41) is 9.61. The van der Waals surface area contributed by atoms with Gasteiger partial charge in [0.1, 0.15) is 5.76 Å². The van der Waals surface area contributed by atoms with E-state index in [-0.39, 0.29) is 5.75 Å². The molecule has 23 heavy (non-hydrogen) atoms. The van der Waals surface area contributed by atoms with E-state index in [1.807, 2.05) is 24.3 Å². The summed E-state index contributed by atoms with van der Waals surface area (Å²) in [6, 6.07) is 12.4. The minimum atomic E-state index is -0.407. The van der Waals surface area contributed by atoms with Crippen LogP contribution in [-0.4, -0.2) is 18.2 Å². The van der Waals surface area contributed by atoms with Crippen molar-refractivity contribution in [2.24, 2.45) is 0 Å². The highest BCUT2D eigenvalue weighted by Gasteiger charge is 2.22. The molecule has 0 aromatic heterocycles. The molecule has 0 atom stereocenters. The Bertz CT molecular complexity index is 819. The van der Waals surface area contributed by atoms with Gasteiger partial charge in [-0.2, -0.15) is 0 Å². The number of hydrogen-bond acceptors (Lipinski definition) is 4. The summed E-state index contributed by atoms with van der Waals surface area (Å²) in [4.78, 5) is 12.0. The second-order valence-electron chi connectivity index (χ2n) is 4.94. The third-order valence-electron chi connectivity index (χ3n) is 3.38. The van der Waals surface area contributed by atoms with Gasteiger partial charge in [-0.3, -0.25) is 0 Å². The van der Waals surface area contributed by atoms with Crippen molar-refractivity contribution in [3.05, 3.63) is 69.7 Å². The van der Waals surface area contributed by atoms with E-state index in [2.05, 4.69) is 15.9 Å². The van der Waals surface area contributed by atoms with Crippen molar-refractivity contribution in [1.82, 2.24) is 0 Å². The van der Waals surface area contributed by atoms with Gasteiger partial charge in [0, 0.05) is 10.0 Å². The van der Waals surface area contributed by atoms with Gasteiger partial charge in [-0.05, 0) is 42.0 Å². The lowest BCUT2D eigenvalue weighted by Crippen LogP contribution is -1.97. The first-order valence-electron chi connectivity index (χ1n) is 6.85. The van der Waals surface area contributed by atoms with Crippen LogP contribution in [0.2, 0.25) is 0 Å². The first kappa shape index (κ1) is 15.4. The number of esters is 1. The number of phenolic OH excluding ortho intramolecular Hbond substituents is 1. The van der Waals surface area contributed by atoms with Crippen LogP contribution >= 0.6 is 15.9 Å². The van der Waals surface area contributed by atoms with Gasteiger partial charge in [0.25, 0.3) is 0 Å². The van der Waals surface area contributed by atoms with Gasteiger partial charge in [0.05, 0.1) is 12.7 Å². The molecule has 4 nitrogen and oxygen atoms in total. The summed E-state index contributed by atoms with van der Waals surface area (Å²) in [6.07, 6.45) is 3.39. The molecule has 0 saturated carbocycles. The van der Waals surface area contributed by atoms with E-state index in [9.17, 15) is 9.90 Å². The largest absolute Gasteiger partial charge is 0.504 e. The molecule has 0 fully saturated rings. The lowest BCUT2D eigenvalue weighted by Gasteiger charge is -2.03. The van der Waals surface area contributed by atoms with Gasteiger partial charge < -0.3 is 14.6 Å². The molecule has 1 aliphatic heterocycles. The number of cyclic esters (lactones) is 1. The van der Waals surface area contributed by atoms with Crippen LogP contribution in [0.5, 0.6) is 11.5 Å². The maximum atomic E-state index is 12.0. The van der Waals surface area contributed by atoms with Gasteiger partial charge in [0.15, 0.2) is 11.5 Å². The standard InChI is InChI=1S/C18H13BrO4/c1-22-17-9-11(2-7-15(17)20)8-13-10-16(23-18(13)21)12-3-5-14(19)6-4-12/h2-10,20H,1H3/b13-8-. The molecule has 0 bridgehead atoms. The smallest absolute Gasteiger partial charge is 0.343 e. The lowest BCUT2D eigenvalue weighted by atomic mass is 10.1. The molecular formula is C18H13BrO4. The van der Waals surface area contributed by atoms with Crippen molar-refractivity contribution >= 4 is 33.7 Å². The summed E-state index contributed by atoms with van der Waals surface area (Å²) in [6.45, 7) is 0. The highest BCUT2D eigenvalue weighted by molar-refractivity contribution is 9.10. The molecule has 1 heterocycles. The molecule has 0 saturated heterocycles. The minimum Gasteiger partial charge on any atom is -0.504 e. The maximum Gasteiger partial charge on any atom is 0.343 e. The van der Waals surface area contributed by atoms with Crippen LogP contribution in [0, 0.1) is 0 Å². The normalized spacial score (nSPS) is 15.5. The van der Waals surface area contributed by atoms with Gasteiger partial charge >= 0.3 is 5.97 Å². The predicted molar refractivity (Wildman–Crippen MR) is 90.8 cm³/mol. The highest BCUT2D eigenvalue weighted by Crippen LogP contribution is 2.31. The average molecular weight is 373 g/mol. The van der Waals surface area contributed by atoms with Gasteiger partial charge in [0.2, 0.25) is 0 Å². The molecular weight excluding hydrogens is 360 g/mol. The molecule has 2 aromatic carbocycles. The number of phenols is 1. The van der Waals surface area contributed by atoms with Crippen LogP contribution in [-0.2, 0) is 9.53 Å².